The average Bonchev–Trinajstić information content (AvgIpc) is 3.15. The quantitative estimate of drug-likeness (QED) is 0.162. The summed E-state index contributed by atoms with van der Waals surface area (Å²) in [6, 6.07) is 10.1. The molecular formula is C22H20Cl4N4O2S. The Labute approximate surface area is 216 Å². The van der Waals surface area contributed by atoms with Crippen LogP contribution in [0.1, 0.15) is 12.2 Å². The van der Waals surface area contributed by atoms with Gasteiger partial charge < -0.3 is 14.6 Å². The minimum absolute atomic E-state index is 0.120. The molecule has 33 heavy (non-hydrogen) atoms. The Bertz CT molecular complexity index is 1120. The van der Waals surface area contributed by atoms with Crippen molar-refractivity contribution in [3.63, 3.8) is 0 Å². The molecule has 0 saturated carbocycles. The lowest BCUT2D eigenvalue weighted by molar-refractivity contribution is -0.113. The summed E-state index contributed by atoms with van der Waals surface area (Å²) in [6.45, 7) is 4.77. The Morgan fingerprint density at radius 1 is 1.12 bits per heavy atom. The summed E-state index contributed by atoms with van der Waals surface area (Å²) in [5, 5.41) is 13.6. The van der Waals surface area contributed by atoms with Gasteiger partial charge in [-0.25, -0.2) is 0 Å². The van der Waals surface area contributed by atoms with Gasteiger partial charge in [-0.1, -0.05) is 70.3 Å². The molecule has 0 aliphatic carbocycles. The Kier molecular flexibility index (Phi) is 9.77. The Morgan fingerprint density at radius 2 is 1.88 bits per heavy atom. The molecule has 0 bridgehead atoms. The fourth-order valence-electron chi connectivity index (χ4n) is 2.85. The number of halogens is 4. The number of nitrogens with one attached hydrogen (secondary N) is 1. The van der Waals surface area contributed by atoms with Crippen molar-refractivity contribution < 1.29 is 9.53 Å². The second-order valence-corrected chi connectivity index (χ2v) is 9.36. The van der Waals surface area contributed by atoms with Gasteiger partial charge in [-0.15, -0.1) is 16.8 Å². The average molecular weight is 546 g/mol. The zero-order valence-electron chi connectivity index (χ0n) is 17.4. The number of hydrogen-bond acceptors (Lipinski definition) is 5. The summed E-state index contributed by atoms with van der Waals surface area (Å²) in [7, 11) is 0. The predicted octanol–water partition coefficient (Wildman–Crippen LogP) is 6.82. The van der Waals surface area contributed by atoms with Gasteiger partial charge >= 0.3 is 0 Å². The Balaban J connectivity index is 1.55. The highest BCUT2D eigenvalue weighted by atomic mass is 35.5. The molecule has 0 aliphatic heterocycles. The number of benzene rings is 2. The number of nitrogens with zero attached hydrogens (tertiary/aromatic N) is 3. The SMILES string of the molecule is C=CCn1c(CCCOc2ccc(Cl)cc2Cl)nnc1SCC(=O)Nc1c(Cl)cccc1Cl. The minimum atomic E-state index is -0.252. The number of thioether (sulfide) groups is 1. The smallest absolute Gasteiger partial charge is 0.234 e. The van der Waals surface area contributed by atoms with E-state index in [2.05, 4.69) is 22.1 Å². The monoisotopic (exact) mass is 544 g/mol. The zero-order chi connectivity index (χ0) is 23.8. The number of carbonyl (C=O) groups is 1. The van der Waals surface area contributed by atoms with E-state index in [4.69, 9.17) is 51.1 Å². The van der Waals surface area contributed by atoms with Gasteiger partial charge in [0.15, 0.2) is 5.16 Å². The van der Waals surface area contributed by atoms with Crippen molar-refractivity contribution in [1.29, 1.82) is 0 Å². The van der Waals surface area contributed by atoms with E-state index in [1.807, 2.05) is 4.57 Å². The number of aryl methyl sites for hydroxylation is 1. The highest BCUT2D eigenvalue weighted by molar-refractivity contribution is 7.99. The third-order valence-corrected chi connectivity index (χ3v) is 6.49. The van der Waals surface area contributed by atoms with Gasteiger partial charge in [-0.05, 0) is 36.8 Å². The van der Waals surface area contributed by atoms with Gasteiger partial charge in [0.1, 0.15) is 11.6 Å². The number of carbonyl (C=O) groups excluding carboxylic acids is 1. The summed E-state index contributed by atoms with van der Waals surface area (Å²) in [5.41, 5.74) is 0.389. The first-order chi connectivity index (χ1) is 15.9. The molecule has 0 radical (unpaired) electrons. The first kappa shape index (κ1) is 25.7. The molecule has 3 aromatic rings. The lowest BCUT2D eigenvalue weighted by Gasteiger charge is -2.10. The first-order valence-electron chi connectivity index (χ1n) is 9.86. The summed E-state index contributed by atoms with van der Waals surface area (Å²) in [4.78, 5) is 12.4. The molecule has 0 saturated heterocycles. The van der Waals surface area contributed by atoms with Gasteiger partial charge in [0.25, 0.3) is 0 Å². The molecular weight excluding hydrogens is 526 g/mol. The number of anilines is 1. The van der Waals surface area contributed by atoms with Crippen LogP contribution in [-0.4, -0.2) is 33.0 Å². The largest absolute Gasteiger partial charge is 0.492 e. The molecule has 3 rings (SSSR count). The van der Waals surface area contributed by atoms with E-state index in [0.29, 0.717) is 62.7 Å². The normalized spacial score (nSPS) is 10.8. The van der Waals surface area contributed by atoms with Crippen LogP contribution in [0.15, 0.2) is 54.2 Å². The summed E-state index contributed by atoms with van der Waals surface area (Å²) < 4.78 is 7.65. The topological polar surface area (TPSA) is 69.0 Å². The van der Waals surface area contributed by atoms with E-state index < -0.39 is 0 Å². The van der Waals surface area contributed by atoms with Crippen molar-refractivity contribution in [3.05, 3.63) is 75.0 Å². The van der Waals surface area contributed by atoms with Gasteiger partial charge in [0.05, 0.1) is 33.1 Å². The molecule has 0 aliphatic rings. The molecule has 0 spiro atoms. The van der Waals surface area contributed by atoms with Crippen LogP contribution in [0.2, 0.25) is 20.1 Å². The number of hydrogen-bond donors (Lipinski definition) is 1. The standard InChI is InChI=1S/C22H20Cl4N4O2S/c1-2-10-30-19(7-4-11-32-18-9-8-14(23)12-17(18)26)28-29-22(30)33-13-20(31)27-21-15(24)5-3-6-16(21)25/h2-3,5-6,8-9,12H,1,4,7,10-11,13H2,(H,27,31). The fourth-order valence-corrected chi connectivity index (χ4v) is 4.57. The van der Waals surface area contributed by atoms with Crippen molar-refractivity contribution in [2.75, 3.05) is 17.7 Å². The Morgan fingerprint density at radius 3 is 2.58 bits per heavy atom. The van der Waals surface area contributed by atoms with E-state index in [0.717, 1.165) is 5.82 Å². The van der Waals surface area contributed by atoms with E-state index in [1.54, 1.807) is 42.5 Å². The van der Waals surface area contributed by atoms with Crippen LogP contribution in [0.25, 0.3) is 0 Å². The van der Waals surface area contributed by atoms with Crippen LogP contribution >= 0.6 is 58.2 Å². The molecule has 1 amide bonds. The molecule has 0 fully saturated rings. The fraction of sp³-hybridized carbons (Fsp3) is 0.227. The van der Waals surface area contributed by atoms with Crippen LogP contribution in [-0.2, 0) is 17.8 Å². The van der Waals surface area contributed by atoms with E-state index in [1.165, 1.54) is 11.8 Å². The van der Waals surface area contributed by atoms with Crippen molar-refractivity contribution in [1.82, 2.24) is 14.8 Å². The second-order valence-electron chi connectivity index (χ2n) is 6.76. The van der Waals surface area contributed by atoms with Gasteiger partial charge in [0, 0.05) is 18.0 Å². The van der Waals surface area contributed by atoms with E-state index >= 15 is 0 Å². The molecule has 1 aromatic heterocycles. The number of rotatable bonds is 11. The third-order valence-electron chi connectivity index (χ3n) is 4.36. The maximum atomic E-state index is 12.4. The van der Waals surface area contributed by atoms with Crippen LogP contribution in [0.3, 0.4) is 0 Å². The van der Waals surface area contributed by atoms with E-state index in [9.17, 15) is 4.79 Å². The number of para-hydroxylation sites is 1. The zero-order valence-corrected chi connectivity index (χ0v) is 21.2. The molecule has 1 N–H and O–H groups in total. The number of amides is 1. The van der Waals surface area contributed by atoms with Crippen LogP contribution in [0, 0.1) is 0 Å². The van der Waals surface area contributed by atoms with E-state index in [-0.39, 0.29) is 11.7 Å². The highest BCUT2D eigenvalue weighted by Crippen LogP contribution is 2.30. The molecule has 2 aromatic carbocycles. The number of allylic oxidation sites excluding steroid dienone is 1. The molecule has 174 valence electrons. The van der Waals surface area contributed by atoms with Gasteiger partial charge in [0.2, 0.25) is 5.91 Å². The summed E-state index contributed by atoms with van der Waals surface area (Å²) in [6.07, 6.45) is 3.09. The van der Waals surface area contributed by atoms with Crippen LogP contribution in [0.4, 0.5) is 5.69 Å². The van der Waals surface area contributed by atoms with Crippen molar-refractivity contribution in [3.8, 4) is 5.75 Å². The highest BCUT2D eigenvalue weighted by Gasteiger charge is 2.15. The van der Waals surface area contributed by atoms with Gasteiger partial charge in [-0.2, -0.15) is 0 Å². The Hall–Kier alpha value is -1.90. The van der Waals surface area contributed by atoms with Crippen LogP contribution in [0.5, 0.6) is 5.75 Å². The summed E-state index contributed by atoms with van der Waals surface area (Å²) >= 11 is 25.5. The maximum absolute atomic E-state index is 12.4. The number of ether oxygens (including phenoxy) is 1. The lowest BCUT2D eigenvalue weighted by Crippen LogP contribution is -2.15. The molecule has 6 nitrogen and oxygen atoms in total. The van der Waals surface area contributed by atoms with Crippen molar-refractivity contribution in [2.45, 2.75) is 24.5 Å². The summed E-state index contributed by atoms with van der Waals surface area (Å²) in [5.74, 6) is 1.22. The van der Waals surface area contributed by atoms with Crippen LogP contribution < -0.4 is 10.1 Å². The second kappa shape index (κ2) is 12.5. The lowest BCUT2D eigenvalue weighted by atomic mass is 10.3. The number of aromatic nitrogens is 3. The molecule has 11 heteroatoms. The van der Waals surface area contributed by atoms with Crippen molar-refractivity contribution >= 4 is 69.8 Å². The third kappa shape index (κ3) is 7.29. The molecule has 0 unspecified atom stereocenters. The first-order valence-corrected chi connectivity index (χ1v) is 12.4. The predicted molar refractivity (Wildman–Crippen MR) is 136 cm³/mol. The maximum Gasteiger partial charge on any atom is 0.234 e. The van der Waals surface area contributed by atoms with Gasteiger partial charge in [-0.3, -0.25) is 4.79 Å². The molecule has 0 atom stereocenters. The van der Waals surface area contributed by atoms with Crippen molar-refractivity contribution in [2.24, 2.45) is 0 Å². The molecule has 1 heterocycles. The minimum Gasteiger partial charge on any atom is -0.492 e.